The Kier molecular flexibility index (Phi) is 10.6. The molecule has 1 aliphatic heterocycles. The first kappa shape index (κ1) is 33.3. The average molecular weight is 609 g/mol. The summed E-state index contributed by atoms with van der Waals surface area (Å²) in [5.41, 5.74) is 3.04. The van der Waals surface area contributed by atoms with Crippen molar-refractivity contribution in [2.45, 2.75) is 90.8 Å². The number of benzene rings is 1. The van der Waals surface area contributed by atoms with E-state index < -0.39 is 17.7 Å². The van der Waals surface area contributed by atoms with Crippen LogP contribution in [0.5, 0.6) is 0 Å². The van der Waals surface area contributed by atoms with Crippen LogP contribution in [0.2, 0.25) is 0 Å². The molecule has 1 unspecified atom stereocenters. The Morgan fingerprint density at radius 3 is 2.52 bits per heavy atom. The van der Waals surface area contributed by atoms with Gasteiger partial charge in [0.05, 0.1) is 42.3 Å². The molecule has 1 aromatic carbocycles. The quantitative estimate of drug-likeness (QED) is 0.207. The lowest BCUT2D eigenvalue weighted by Gasteiger charge is -2.41. The van der Waals surface area contributed by atoms with Gasteiger partial charge < -0.3 is 24.2 Å². The fourth-order valence-corrected chi connectivity index (χ4v) is 5.52. The Labute approximate surface area is 259 Å². The van der Waals surface area contributed by atoms with Crippen molar-refractivity contribution < 1.29 is 28.5 Å². The molecule has 4 rings (SSSR count). The molecule has 1 fully saturated rings. The van der Waals surface area contributed by atoms with E-state index in [0.717, 1.165) is 30.4 Å². The lowest BCUT2D eigenvalue weighted by Crippen LogP contribution is -2.45. The second kappa shape index (κ2) is 14.0. The van der Waals surface area contributed by atoms with E-state index in [2.05, 4.69) is 25.0 Å². The first-order valence-electron chi connectivity index (χ1n) is 15.1. The van der Waals surface area contributed by atoms with E-state index in [0.29, 0.717) is 61.1 Å². The van der Waals surface area contributed by atoms with Gasteiger partial charge in [-0.1, -0.05) is 18.2 Å². The van der Waals surface area contributed by atoms with E-state index in [1.54, 1.807) is 16.7 Å². The summed E-state index contributed by atoms with van der Waals surface area (Å²) in [6.07, 6.45) is 5.21. The van der Waals surface area contributed by atoms with Crippen LogP contribution in [0.15, 0.2) is 49.6 Å². The molecule has 0 aliphatic carbocycles. The van der Waals surface area contributed by atoms with Gasteiger partial charge in [0, 0.05) is 24.8 Å². The first-order valence-corrected chi connectivity index (χ1v) is 15.1. The van der Waals surface area contributed by atoms with E-state index in [-0.39, 0.29) is 18.0 Å². The fraction of sp³-hybridized carbons (Fsp3) is 0.500. The maximum absolute atomic E-state index is 13.9. The summed E-state index contributed by atoms with van der Waals surface area (Å²) in [5.74, 6) is -0.728. The normalized spacial score (nSPS) is 15.8. The third-order valence-electron chi connectivity index (χ3n) is 7.78. The number of hydrogen-bond acceptors (Lipinski definition) is 7. The number of anilines is 1. The number of hydrogen-bond donors (Lipinski definition) is 1. The number of ether oxygens (including phenoxy) is 3. The number of piperidine rings is 1. The predicted molar refractivity (Wildman–Crippen MR) is 168 cm³/mol. The smallest absolute Gasteiger partial charge is 0.337 e. The van der Waals surface area contributed by atoms with Crippen LogP contribution in [0, 0.1) is 12.7 Å². The number of halogens is 1. The van der Waals surface area contributed by atoms with Crippen LogP contribution in [0.25, 0.3) is 5.65 Å². The predicted octanol–water partition coefficient (Wildman–Crippen LogP) is 6.51. The van der Waals surface area contributed by atoms with Crippen LogP contribution >= 0.6 is 0 Å². The lowest BCUT2D eigenvalue weighted by molar-refractivity contribution is -0.160. The highest BCUT2D eigenvalue weighted by Gasteiger charge is 2.37. The summed E-state index contributed by atoms with van der Waals surface area (Å²) >= 11 is 0. The SMILES string of the molecule is C=CCCc1cc(F)ccc1COCc1cc2nc(C)c(C(OC(C)(C)C)C(=O)O)c(N3CCC(C)(OCC=C)CC3)n2n1. The number of aliphatic carboxylic acids is 1. The molecule has 0 bridgehead atoms. The van der Waals surface area contributed by atoms with Gasteiger partial charge in [-0.15, -0.1) is 13.2 Å². The molecular formula is C34H45FN4O5. The van der Waals surface area contributed by atoms with Crippen LogP contribution in [0.1, 0.15) is 81.1 Å². The Morgan fingerprint density at radius 1 is 1.16 bits per heavy atom. The number of allylic oxidation sites excluding steroid dienone is 1. The highest BCUT2D eigenvalue weighted by atomic mass is 19.1. The summed E-state index contributed by atoms with van der Waals surface area (Å²) in [7, 11) is 0. The molecule has 238 valence electrons. The highest BCUT2D eigenvalue weighted by molar-refractivity contribution is 5.78. The summed E-state index contributed by atoms with van der Waals surface area (Å²) in [5, 5.41) is 15.2. The number of carbonyl (C=O) groups is 1. The fourth-order valence-electron chi connectivity index (χ4n) is 5.52. The van der Waals surface area contributed by atoms with E-state index in [1.807, 2.05) is 39.8 Å². The number of nitrogens with zero attached hydrogens (tertiary/aromatic N) is 4. The van der Waals surface area contributed by atoms with Crippen molar-refractivity contribution in [1.29, 1.82) is 0 Å². The summed E-state index contributed by atoms with van der Waals surface area (Å²) in [4.78, 5) is 19.6. The zero-order valence-corrected chi connectivity index (χ0v) is 26.6. The molecule has 1 aliphatic rings. The van der Waals surface area contributed by atoms with Crippen LogP contribution in [-0.4, -0.2) is 56.6 Å². The molecule has 1 atom stereocenters. The Morgan fingerprint density at radius 2 is 1.89 bits per heavy atom. The molecule has 1 N–H and O–H groups in total. The zero-order chi connectivity index (χ0) is 32.1. The Balaban J connectivity index is 1.68. The van der Waals surface area contributed by atoms with Crippen molar-refractivity contribution in [2.24, 2.45) is 0 Å². The summed E-state index contributed by atoms with van der Waals surface area (Å²) in [6, 6.07) is 6.58. The summed E-state index contributed by atoms with van der Waals surface area (Å²) < 4.78 is 33.8. The standard InChI is InChI=1S/C34H45FN4O5/c1-8-10-11-24-19-26(35)13-12-25(24)21-42-22-27-20-28-36-23(3)29(30(32(40)41)44-33(4,5)6)31(39(28)37-27)38-16-14-34(7,15-17-38)43-18-9-2/h8-9,12-13,19-20,30H,1-2,10-11,14-18,21-22H2,3-7H3,(H,40,41). The van der Waals surface area contributed by atoms with Crippen LogP contribution in [0.4, 0.5) is 10.2 Å². The molecule has 3 heterocycles. The molecule has 1 saturated heterocycles. The minimum atomic E-state index is -1.25. The molecule has 9 nitrogen and oxygen atoms in total. The molecule has 2 aromatic heterocycles. The van der Waals surface area contributed by atoms with Crippen molar-refractivity contribution in [3.8, 4) is 0 Å². The van der Waals surface area contributed by atoms with Gasteiger partial charge in [-0.05, 0) is 83.6 Å². The second-order valence-corrected chi connectivity index (χ2v) is 12.6. The Hall–Kier alpha value is -3.60. The number of rotatable bonds is 14. The van der Waals surface area contributed by atoms with Crippen molar-refractivity contribution in [3.05, 3.63) is 83.5 Å². The van der Waals surface area contributed by atoms with Crippen molar-refractivity contribution in [1.82, 2.24) is 14.6 Å². The highest BCUT2D eigenvalue weighted by Crippen LogP contribution is 2.37. The number of aryl methyl sites for hydroxylation is 2. The number of aromatic nitrogens is 3. The topological polar surface area (TPSA) is 98.4 Å². The van der Waals surface area contributed by atoms with Crippen LogP contribution in [-0.2, 0) is 38.6 Å². The lowest BCUT2D eigenvalue weighted by atomic mass is 9.92. The zero-order valence-electron chi connectivity index (χ0n) is 26.6. The van der Waals surface area contributed by atoms with Gasteiger partial charge in [-0.25, -0.2) is 14.2 Å². The van der Waals surface area contributed by atoms with Gasteiger partial charge in [0.2, 0.25) is 0 Å². The second-order valence-electron chi connectivity index (χ2n) is 12.6. The molecule has 0 amide bonds. The largest absolute Gasteiger partial charge is 0.479 e. The number of carboxylic acids is 1. The molecular weight excluding hydrogens is 563 g/mol. The number of carboxylic acid groups (broad SMARTS) is 1. The van der Waals surface area contributed by atoms with Crippen molar-refractivity contribution in [2.75, 3.05) is 24.6 Å². The third-order valence-corrected chi connectivity index (χ3v) is 7.78. The molecule has 0 spiro atoms. The van der Waals surface area contributed by atoms with E-state index in [9.17, 15) is 14.3 Å². The molecule has 3 aromatic rings. The van der Waals surface area contributed by atoms with Crippen molar-refractivity contribution >= 4 is 17.4 Å². The third kappa shape index (κ3) is 8.11. The minimum Gasteiger partial charge on any atom is -0.479 e. The van der Waals surface area contributed by atoms with Crippen LogP contribution in [0.3, 0.4) is 0 Å². The molecule has 44 heavy (non-hydrogen) atoms. The monoisotopic (exact) mass is 608 g/mol. The Bertz CT molecular complexity index is 1490. The molecule has 0 saturated carbocycles. The van der Waals surface area contributed by atoms with E-state index >= 15 is 0 Å². The van der Waals surface area contributed by atoms with Gasteiger partial charge in [0.15, 0.2) is 11.8 Å². The summed E-state index contributed by atoms with van der Waals surface area (Å²) in [6.45, 7) is 19.2. The van der Waals surface area contributed by atoms with E-state index in [1.165, 1.54) is 12.1 Å². The van der Waals surface area contributed by atoms with Crippen molar-refractivity contribution in [3.63, 3.8) is 0 Å². The van der Waals surface area contributed by atoms with Gasteiger partial charge in [-0.3, -0.25) is 0 Å². The molecule has 10 heteroatoms. The number of fused-ring (bicyclic) bond motifs is 1. The van der Waals surface area contributed by atoms with Gasteiger partial charge in [0.25, 0.3) is 0 Å². The van der Waals surface area contributed by atoms with Gasteiger partial charge in [-0.2, -0.15) is 9.61 Å². The van der Waals surface area contributed by atoms with Crippen LogP contribution < -0.4 is 4.90 Å². The maximum atomic E-state index is 13.9. The minimum absolute atomic E-state index is 0.198. The maximum Gasteiger partial charge on any atom is 0.337 e. The van der Waals surface area contributed by atoms with Gasteiger partial charge >= 0.3 is 5.97 Å². The average Bonchev–Trinajstić information content (AvgIpc) is 3.36. The molecule has 0 radical (unpaired) electrons. The van der Waals surface area contributed by atoms with Gasteiger partial charge in [0.1, 0.15) is 11.6 Å². The first-order chi connectivity index (χ1) is 20.8. The van der Waals surface area contributed by atoms with E-state index in [4.69, 9.17) is 24.3 Å².